The van der Waals surface area contributed by atoms with Crippen LogP contribution in [0.4, 0.5) is 0 Å². The third kappa shape index (κ3) is 7.52. The first-order valence-corrected chi connectivity index (χ1v) is 14.7. The fourth-order valence-corrected chi connectivity index (χ4v) is 5.62. The van der Waals surface area contributed by atoms with Gasteiger partial charge in [0.1, 0.15) is 23.8 Å². The largest absolute Gasteiger partial charge is 0.391 e. The molecule has 5 atom stereocenters. The van der Waals surface area contributed by atoms with Crippen LogP contribution in [-0.2, 0) is 32.6 Å². The van der Waals surface area contributed by atoms with Gasteiger partial charge in [0.05, 0.1) is 23.9 Å². The molecule has 0 unspecified atom stereocenters. The molecule has 2 fully saturated rings. The molecule has 2 aliphatic heterocycles. The highest BCUT2D eigenvalue weighted by molar-refractivity contribution is 6.33. The summed E-state index contributed by atoms with van der Waals surface area (Å²) in [6.07, 6.45) is 1.07. The molecule has 2 aromatic rings. The smallest absolute Gasteiger partial charge is 0.274 e. The van der Waals surface area contributed by atoms with E-state index in [1.54, 1.807) is 14.0 Å². The number of aromatic nitrogens is 2. The molecule has 232 valence electrons. The second-order valence-electron chi connectivity index (χ2n) is 11.1. The van der Waals surface area contributed by atoms with E-state index < -0.39 is 60.3 Å². The maximum absolute atomic E-state index is 13.9. The predicted octanol–water partition coefficient (Wildman–Crippen LogP) is -0.134. The van der Waals surface area contributed by atoms with Gasteiger partial charge in [-0.15, -0.1) is 0 Å². The third-order valence-corrected chi connectivity index (χ3v) is 8.25. The Bertz CT molecular complexity index is 1330. The second-order valence-corrected chi connectivity index (χ2v) is 11.5. The number of hydrogen-bond donors (Lipinski definition) is 4. The molecule has 0 aliphatic carbocycles. The predicted molar refractivity (Wildman–Crippen MR) is 157 cm³/mol. The topological polar surface area (TPSA) is 166 Å². The van der Waals surface area contributed by atoms with E-state index in [9.17, 15) is 29.1 Å². The quantitative estimate of drug-likeness (QED) is 0.363. The van der Waals surface area contributed by atoms with Gasteiger partial charge in [0.15, 0.2) is 0 Å². The number of benzene rings is 1. The summed E-state index contributed by atoms with van der Waals surface area (Å²) in [7, 11) is 1.55. The number of carbonyl (C=O) groups excluding carboxylic acids is 5. The fraction of sp³-hybridized carbons (Fsp3) is 0.517. The number of aryl methyl sites for hydroxylation is 1. The van der Waals surface area contributed by atoms with Crippen molar-refractivity contribution in [3.63, 3.8) is 0 Å². The Hall–Kier alpha value is -3.97. The van der Waals surface area contributed by atoms with Gasteiger partial charge in [-0.1, -0.05) is 62.2 Å². The number of nitrogens with zero attached hydrogens (tertiary/aromatic N) is 4. The molecule has 0 bridgehead atoms. The normalized spacial score (nSPS) is 24.8. The summed E-state index contributed by atoms with van der Waals surface area (Å²) in [4.78, 5) is 70.2. The summed E-state index contributed by atoms with van der Waals surface area (Å²) in [6.45, 7) is 3.06. The van der Waals surface area contributed by atoms with Gasteiger partial charge < -0.3 is 30.9 Å². The average Bonchev–Trinajstić information content (AvgIpc) is 3.54. The van der Waals surface area contributed by atoms with Crippen LogP contribution >= 0.6 is 11.6 Å². The molecule has 1 aromatic heterocycles. The van der Waals surface area contributed by atoms with Crippen molar-refractivity contribution in [3.05, 3.63) is 52.8 Å². The van der Waals surface area contributed by atoms with Crippen molar-refractivity contribution < 1.29 is 29.1 Å². The van der Waals surface area contributed by atoms with E-state index >= 15 is 0 Å². The van der Waals surface area contributed by atoms with Crippen LogP contribution < -0.4 is 16.0 Å². The number of aliphatic hydroxyl groups excluding tert-OH is 1. The molecule has 0 spiro atoms. The van der Waals surface area contributed by atoms with Crippen LogP contribution in [0.15, 0.2) is 36.5 Å². The van der Waals surface area contributed by atoms with Gasteiger partial charge in [0, 0.05) is 39.5 Å². The lowest BCUT2D eigenvalue weighted by Crippen LogP contribution is -2.58. The number of carbonyl (C=O) groups is 5. The monoisotopic (exact) mass is 615 g/mol. The first-order chi connectivity index (χ1) is 20.5. The van der Waals surface area contributed by atoms with Crippen LogP contribution in [0.5, 0.6) is 0 Å². The average molecular weight is 616 g/mol. The standard InChI is InChI=1S/C29H38ClN7O6/c1-4-17(2)24-28(42)37-15-19(38)13-22(37)27(41)33-21(12-18-8-6-5-7-9-18)26(40)31-10-11-36(16-23(39)34-24)29(43)25-20(30)14-32-35(25)3/h5-9,14,17,19,21-22,24,38H,4,10-13,15-16H2,1-3H3,(H,31,40)(H,33,41)(H,34,39)/t17-,19+,21-,22-,24-/m0/s1. The lowest BCUT2D eigenvalue weighted by molar-refractivity contribution is -0.143. The minimum Gasteiger partial charge on any atom is -0.391 e. The maximum Gasteiger partial charge on any atom is 0.274 e. The van der Waals surface area contributed by atoms with E-state index in [-0.39, 0.29) is 49.1 Å². The molecule has 0 radical (unpaired) electrons. The van der Waals surface area contributed by atoms with Crippen molar-refractivity contribution in [3.8, 4) is 0 Å². The molecule has 13 nitrogen and oxygen atoms in total. The van der Waals surface area contributed by atoms with E-state index in [1.165, 1.54) is 20.7 Å². The Morgan fingerprint density at radius 3 is 2.51 bits per heavy atom. The van der Waals surface area contributed by atoms with Crippen LogP contribution in [0.25, 0.3) is 0 Å². The molecule has 2 aliphatic rings. The molecule has 1 aromatic carbocycles. The highest BCUT2D eigenvalue weighted by Gasteiger charge is 2.43. The zero-order chi connectivity index (χ0) is 31.3. The molecule has 0 saturated carbocycles. The summed E-state index contributed by atoms with van der Waals surface area (Å²) in [5, 5.41) is 22.9. The van der Waals surface area contributed by atoms with E-state index in [0.29, 0.717) is 6.42 Å². The fourth-order valence-electron chi connectivity index (χ4n) is 5.38. The molecule has 5 amide bonds. The summed E-state index contributed by atoms with van der Waals surface area (Å²) in [6, 6.07) is 6.09. The van der Waals surface area contributed by atoms with Crippen molar-refractivity contribution in [2.45, 2.75) is 57.3 Å². The number of amides is 5. The van der Waals surface area contributed by atoms with Crippen molar-refractivity contribution in [2.24, 2.45) is 13.0 Å². The number of rotatable bonds is 5. The van der Waals surface area contributed by atoms with E-state index in [2.05, 4.69) is 21.0 Å². The van der Waals surface area contributed by atoms with Gasteiger partial charge in [-0.3, -0.25) is 28.7 Å². The number of nitrogens with one attached hydrogen (secondary N) is 3. The third-order valence-electron chi connectivity index (χ3n) is 7.98. The first kappa shape index (κ1) is 32.0. The summed E-state index contributed by atoms with van der Waals surface area (Å²) in [5.74, 6) is -3.11. The van der Waals surface area contributed by atoms with E-state index in [4.69, 9.17) is 11.6 Å². The van der Waals surface area contributed by atoms with E-state index in [1.807, 2.05) is 37.3 Å². The maximum atomic E-state index is 13.9. The Morgan fingerprint density at radius 1 is 1.14 bits per heavy atom. The number of aliphatic hydroxyl groups is 1. The molecular formula is C29H38ClN7O6. The SMILES string of the molecule is CC[C@H](C)[C@@H]1NC(=O)CN(C(=O)c2c(Cl)cnn2C)CCNC(=O)[C@H](Cc2ccccc2)NC(=O)[C@@H]2C[C@@H](O)CN2C1=O. The Morgan fingerprint density at radius 2 is 1.86 bits per heavy atom. The first-order valence-electron chi connectivity index (χ1n) is 14.4. The van der Waals surface area contributed by atoms with Crippen molar-refractivity contribution >= 4 is 41.1 Å². The molecule has 3 heterocycles. The van der Waals surface area contributed by atoms with Crippen LogP contribution in [0, 0.1) is 5.92 Å². The van der Waals surface area contributed by atoms with Gasteiger partial charge in [-0.2, -0.15) is 5.10 Å². The van der Waals surface area contributed by atoms with Crippen molar-refractivity contribution in [2.75, 3.05) is 26.2 Å². The zero-order valence-electron chi connectivity index (χ0n) is 24.5. The number of fused-ring (bicyclic) bond motifs is 1. The van der Waals surface area contributed by atoms with Gasteiger partial charge in [0.25, 0.3) is 5.91 Å². The van der Waals surface area contributed by atoms with Crippen LogP contribution in [-0.4, -0.2) is 105 Å². The summed E-state index contributed by atoms with van der Waals surface area (Å²) in [5.41, 5.74) is 0.867. The molecule has 4 N–H and O–H groups in total. The van der Waals surface area contributed by atoms with Crippen LogP contribution in [0.2, 0.25) is 5.02 Å². The molecule has 4 rings (SSSR count). The highest BCUT2D eigenvalue weighted by atomic mass is 35.5. The minimum absolute atomic E-state index is 0.00778. The van der Waals surface area contributed by atoms with Gasteiger partial charge in [0.2, 0.25) is 23.6 Å². The van der Waals surface area contributed by atoms with Crippen LogP contribution in [0.1, 0.15) is 42.7 Å². The molecule has 2 saturated heterocycles. The summed E-state index contributed by atoms with van der Waals surface area (Å²) >= 11 is 6.22. The second kappa shape index (κ2) is 14.0. The zero-order valence-corrected chi connectivity index (χ0v) is 25.2. The van der Waals surface area contributed by atoms with Crippen molar-refractivity contribution in [1.82, 2.24) is 35.5 Å². The summed E-state index contributed by atoms with van der Waals surface area (Å²) < 4.78 is 1.30. The van der Waals surface area contributed by atoms with Crippen molar-refractivity contribution in [1.29, 1.82) is 0 Å². The van der Waals surface area contributed by atoms with Crippen LogP contribution in [0.3, 0.4) is 0 Å². The van der Waals surface area contributed by atoms with E-state index in [0.717, 1.165) is 5.56 Å². The highest BCUT2D eigenvalue weighted by Crippen LogP contribution is 2.23. The van der Waals surface area contributed by atoms with Gasteiger partial charge >= 0.3 is 0 Å². The Labute approximate surface area is 254 Å². The Kier molecular flexibility index (Phi) is 10.4. The molecule has 14 heteroatoms. The van der Waals surface area contributed by atoms with Gasteiger partial charge in [-0.25, -0.2) is 0 Å². The Balaban J connectivity index is 1.69. The lowest BCUT2D eigenvalue weighted by Gasteiger charge is -2.32. The molecular weight excluding hydrogens is 578 g/mol. The number of halogens is 1. The van der Waals surface area contributed by atoms with Gasteiger partial charge in [-0.05, 0) is 11.5 Å². The number of hydrogen-bond acceptors (Lipinski definition) is 7. The minimum atomic E-state index is -1.03. The molecule has 43 heavy (non-hydrogen) atoms. The lowest BCUT2D eigenvalue weighted by atomic mass is 9.97.